The van der Waals surface area contributed by atoms with Gasteiger partial charge in [0, 0.05) is 6.42 Å². The Balaban J connectivity index is 2.24. The highest BCUT2D eigenvalue weighted by Gasteiger charge is 2.44. The van der Waals surface area contributed by atoms with Crippen LogP contribution < -0.4 is 10.6 Å². The first-order chi connectivity index (χ1) is 12.6. The molecule has 1 heterocycles. The topological polar surface area (TPSA) is 96.9 Å². The molecule has 1 amide bonds. The van der Waals surface area contributed by atoms with E-state index in [1.807, 2.05) is 30.3 Å². The molecule has 8 heteroatoms. The Morgan fingerprint density at radius 1 is 1.30 bits per heavy atom. The zero-order valence-corrected chi connectivity index (χ0v) is 16.8. The zero-order chi connectivity index (χ0) is 20.1. The number of thioether (sulfide) groups is 1. The van der Waals surface area contributed by atoms with Crippen molar-refractivity contribution in [1.29, 1.82) is 0 Å². The summed E-state index contributed by atoms with van der Waals surface area (Å²) in [6, 6.07) is 9.55. The van der Waals surface area contributed by atoms with Gasteiger partial charge in [0.15, 0.2) is 0 Å². The molecule has 27 heavy (non-hydrogen) atoms. The smallest absolute Gasteiger partial charge is 0.411 e. The van der Waals surface area contributed by atoms with E-state index < -0.39 is 23.4 Å². The molecule has 1 aliphatic heterocycles. The van der Waals surface area contributed by atoms with Gasteiger partial charge in [0.2, 0.25) is 5.72 Å². The van der Waals surface area contributed by atoms with Gasteiger partial charge >= 0.3 is 12.1 Å². The molecule has 148 valence electrons. The number of allylic oxidation sites excluding steroid dienone is 1. The molecule has 1 saturated heterocycles. The predicted octanol–water partition coefficient (Wildman–Crippen LogP) is 2.51. The van der Waals surface area contributed by atoms with Gasteiger partial charge in [-0.05, 0) is 33.3 Å². The summed E-state index contributed by atoms with van der Waals surface area (Å²) in [5.74, 6) is -0.668. The molecule has 0 saturated carbocycles. The molecule has 0 aromatic heterocycles. The summed E-state index contributed by atoms with van der Waals surface area (Å²) in [5, 5.41) is 16.6. The fourth-order valence-corrected chi connectivity index (χ4v) is 3.45. The second-order valence-corrected chi connectivity index (χ2v) is 8.08. The van der Waals surface area contributed by atoms with E-state index in [0.717, 1.165) is 5.56 Å². The normalized spacial score (nSPS) is 21.2. The van der Waals surface area contributed by atoms with Crippen LogP contribution in [0.3, 0.4) is 0 Å². The first kappa shape index (κ1) is 21.1. The third-order valence-corrected chi connectivity index (χ3v) is 4.71. The molecular formula is C19H26N2O5S. The van der Waals surface area contributed by atoms with Gasteiger partial charge in [-0.3, -0.25) is 5.32 Å². The van der Waals surface area contributed by atoms with Gasteiger partial charge in [0.1, 0.15) is 5.60 Å². The lowest BCUT2D eigenvalue weighted by Crippen LogP contribution is -2.50. The molecule has 0 spiro atoms. The number of hydrogen-bond acceptors (Lipinski definition) is 7. The number of benzene rings is 1. The van der Waals surface area contributed by atoms with Crippen molar-refractivity contribution in [2.24, 2.45) is 0 Å². The van der Waals surface area contributed by atoms with Crippen LogP contribution in [0, 0.1) is 0 Å². The van der Waals surface area contributed by atoms with Crippen LogP contribution in [0.2, 0.25) is 0 Å². The molecule has 0 bridgehead atoms. The summed E-state index contributed by atoms with van der Waals surface area (Å²) in [4.78, 5) is 24.3. The quantitative estimate of drug-likeness (QED) is 0.660. The van der Waals surface area contributed by atoms with Crippen molar-refractivity contribution in [3.8, 4) is 0 Å². The Morgan fingerprint density at radius 2 is 1.96 bits per heavy atom. The highest BCUT2D eigenvalue weighted by molar-refractivity contribution is 8.03. The number of ether oxygens (including phenoxy) is 2. The number of carbonyl (C=O) groups excluding carboxylic acids is 2. The number of esters is 1. The van der Waals surface area contributed by atoms with Crippen molar-refractivity contribution >= 4 is 23.8 Å². The van der Waals surface area contributed by atoms with Crippen molar-refractivity contribution in [3.63, 3.8) is 0 Å². The molecule has 0 radical (unpaired) electrons. The van der Waals surface area contributed by atoms with Crippen LogP contribution in [0.1, 0.15) is 33.3 Å². The molecule has 1 aromatic rings. The number of hydrogen-bond donors (Lipinski definition) is 3. The van der Waals surface area contributed by atoms with Crippen molar-refractivity contribution < 1.29 is 24.2 Å². The van der Waals surface area contributed by atoms with E-state index in [4.69, 9.17) is 9.47 Å². The van der Waals surface area contributed by atoms with E-state index >= 15 is 0 Å². The van der Waals surface area contributed by atoms with Crippen LogP contribution in [0.15, 0.2) is 41.1 Å². The number of rotatable bonds is 5. The van der Waals surface area contributed by atoms with Crippen molar-refractivity contribution in [1.82, 2.24) is 10.6 Å². The van der Waals surface area contributed by atoms with E-state index in [9.17, 15) is 14.7 Å². The highest BCUT2D eigenvalue weighted by Crippen LogP contribution is 2.32. The third-order valence-electron chi connectivity index (χ3n) is 3.51. The van der Waals surface area contributed by atoms with Gasteiger partial charge in [0.05, 0.1) is 23.1 Å². The number of carbonyl (C=O) groups is 2. The Hall–Kier alpha value is -2.19. The standard InChI is InChI=1S/C19H26N2O5S/c1-5-25-16(22)19(24)12-27-15(21-19)14(11-13-9-7-6-8-10-13)20-17(23)26-18(2,3)4/h6-10,21,24H,5,11-12H2,1-4H3,(H,20,23)/b15-14+. The largest absolute Gasteiger partial charge is 0.462 e. The molecule has 1 atom stereocenters. The SMILES string of the molecule is CCOC(=O)C1(O)CS/C(=C(\Cc2ccccc2)NC(=O)OC(C)(C)C)N1. The molecule has 2 rings (SSSR count). The molecule has 3 N–H and O–H groups in total. The molecule has 1 aromatic carbocycles. The number of nitrogens with one attached hydrogen (secondary N) is 2. The lowest BCUT2D eigenvalue weighted by Gasteiger charge is -2.22. The Morgan fingerprint density at radius 3 is 2.56 bits per heavy atom. The van der Waals surface area contributed by atoms with E-state index in [1.165, 1.54) is 11.8 Å². The van der Waals surface area contributed by atoms with Crippen LogP contribution in [-0.2, 0) is 20.7 Å². The molecule has 1 fully saturated rings. The van der Waals surface area contributed by atoms with Crippen LogP contribution in [0.5, 0.6) is 0 Å². The molecule has 1 unspecified atom stereocenters. The minimum atomic E-state index is -1.83. The predicted molar refractivity (Wildman–Crippen MR) is 104 cm³/mol. The number of aliphatic hydroxyl groups is 1. The minimum absolute atomic E-state index is 0.0788. The minimum Gasteiger partial charge on any atom is -0.462 e. The summed E-state index contributed by atoms with van der Waals surface area (Å²) in [6.45, 7) is 7.17. The summed E-state index contributed by atoms with van der Waals surface area (Å²) in [5.41, 5.74) is -0.993. The summed E-state index contributed by atoms with van der Waals surface area (Å²) >= 11 is 1.24. The second-order valence-electron chi connectivity index (χ2n) is 7.09. The Bertz CT molecular complexity index is 715. The molecule has 7 nitrogen and oxygen atoms in total. The Labute approximate surface area is 163 Å². The summed E-state index contributed by atoms with van der Waals surface area (Å²) in [7, 11) is 0. The van der Waals surface area contributed by atoms with Crippen molar-refractivity contribution in [2.45, 2.75) is 45.4 Å². The monoisotopic (exact) mass is 394 g/mol. The average Bonchev–Trinajstić information content (AvgIpc) is 2.97. The van der Waals surface area contributed by atoms with Gasteiger partial charge in [-0.1, -0.05) is 30.3 Å². The number of alkyl carbamates (subject to hydrolysis) is 1. The highest BCUT2D eigenvalue weighted by atomic mass is 32.2. The van der Waals surface area contributed by atoms with Crippen LogP contribution in [-0.4, -0.2) is 40.9 Å². The zero-order valence-electron chi connectivity index (χ0n) is 16.0. The van der Waals surface area contributed by atoms with Crippen LogP contribution in [0.4, 0.5) is 4.79 Å². The fourth-order valence-electron chi connectivity index (χ4n) is 2.37. The van der Waals surface area contributed by atoms with Gasteiger partial charge in [-0.15, -0.1) is 11.8 Å². The van der Waals surface area contributed by atoms with Crippen molar-refractivity contribution in [3.05, 3.63) is 46.6 Å². The van der Waals surface area contributed by atoms with Crippen LogP contribution >= 0.6 is 11.8 Å². The molecular weight excluding hydrogens is 368 g/mol. The van der Waals surface area contributed by atoms with Crippen molar-refractivity contribution in [2.75, 3.05) is 12.4 Å². The van der Waals surface area contributed by atoms with Gasteiger partial charge in [0.25, 0.3) is 0 Å². The van der Waals surface area contributed by atoms with Gasteiger partial charge in [-0.25, -0.2) is 9.59 Å². The second kappa shape index (κ2) is 8.67. The van der Waals surface area contributed by atoms with Crippen LogP contribution in [0.25, 0.3) is 0 Å². The number of amides is 1. The molecule has 0 aliphatic carbocycles. The maximum absolute atomic E-state index is 12.3. The lowest BCUT2D eigenvalue weighted by atomic mass is 10.1. The van der Waals surface area contributed by atoms with Gasteiger partial charge < -0.3 is 19.9 Å². The maximum Gasteiger partial charge on any atom is 0.411 e. The average molecular weight is 394 g/mol. The molecule has 1 aliphatic rings. The van der Waals surface area contributed by atoms with E-state index in [1.54, 1.807) is 27.7 Å². The van der Waals surface area contributed by atoms with Gasteiger partial charge in [-0.2, -0.15) is 0 Å². The first-order valence-corrected chi connectivity index (χ1v) is 9.69. The fraction of sp³-hybridized carbons (Fsp3) is 0.474. The maximum atomic E-state index is 12.3. The first-order valence-electron chi connectivity index (χ1n) is 8.70. The van der Waals surface area contributed by atoms with E-state index in [2.05, 4.69) is 10.6 Å². The van der Waals surface area contributed by atoms with E-state index in [0.29, 0.717) is 17.1 Å². The summed E-state index contributed by atoms with van der Waals surface area (Å²) < 4.78 is 10.3. The third kappa shape index (κ3) is 6.18. The summed E-state index contributed by atoms with van der Waals surface area (Å²) in [6.07, 6.45) is -0.205. The lowest BCUT2D eigenvalue weighted by molar-refractivity contribution is -0.164. The Kier molecular flexibility index (Phi) is 6.78. The van der Waals surface area contributed by atoms with E-state index in [-0.39, 0.29) is 12.4 Å².